The van der Waals surface area contributed by atoms with Crippen LogP contribution in [0.15, 0.2) is 46.9 Å². The van der Waals surface area contributed by atoms with Gasteiger partial charge in [0.2, 0.25) is 17.5 Å². The molecule has 0 bridgehead atoms. The lowest BCUT2D eigenvalue weighted by Gasteiger charge is -2.03. The standard InChI is InChI=1S/C18H17N3O.C2HF3O2/c1-2-3-11-20-18-16(12-19)21-17(22-18)15-10-6-8-13-7-4-5-9-14(13)15;3-2(4,5)1(6)7/h4-10,20H,2-3,11H2,1H3;(H,6,7). The predicted molar refractivity (Wildman–Crippen MR) is 101 cm³/mol. The minimum Gasteiger partial charge on any atom is -0.475 e. The number of alkyl halides is 3. The van der Waals surface area contributed by atoms with E-state index in [2.05, 4.69) is 23.3 Å². The molecule has 9 heteroatoms. The average molecular weight is 405 g/mol. The van der Waals surface area contributed by atoms with Crippen LogP contribution in [0.25, 0.3) is 22.2 Å². The monoisotopic (exact) mass is 405 g/mol. The van der Waals surface area contributed by atoms with Crippen molar-refractivity contribution < 1.29 is 27.5 Å². The number of carbonyl (C=O) groups is 1. The van der Waals surface area contributed by atoms with Gasteiger partial charge in [0.25, 0.3) is 0 Å². The van der Waals surface area contributed by atoms with Gasteiger partial charge < -0.3 is 14.8 Å². The maximum atomic E-state index is 10.6. The Labute approximate surface area is 164 Å². The van der Waals surface area contributed by atoms with Gasteiger partial charge in [-0.1, -0.05) is 49.7 Å². The van der Waals surface area contributed by atoms with Gasteiger partial charge in [-0.15, -0.1) is 0 Å². The summed E-state index contributed by atoms with van der Waals surface area (Å²) >= 11 is 0. The number of hydrogen-bond donors (Lipinski definition) is 2. The normalized spacial score (nSPS) is 10.7. The second-order valence-electron chi connectivity index (χ2n) is 5.92. The zero-order chi connectivity index (χ0) is 21.4. The average Bonchev–Trinajstić information content (AvgIpc) is 3.10. The van der Waals surface area contributed by atoms with E-state index in [0.717, 1.165) is 35.7 Å². The highest BCUT2D eigenvalue weighted by molar-refractivity contribution is 5.94. The minimum atomic E-state index is -5.08. The number of fused-ring (bicyclic) bond motifs is 1. The number of aromatic nitrogens is 1. The topological polar surface area (TPSA) is 99.2 Å². The van der Waals surface area contributed by atoms with E-state index in [0.29, 0.717) is 17.5 Å². The van der Waals surface area contributed by atoms with Crippen molar-refractivity contribution in [2.75, 3.05) is 11.9 Å². The van der Waals surface area contributed by atoms with Crippen LogP contribution < -0.4 is 5.32 Å². The largest absolute Gasteiger partial charge is 0.490 e. The van der Waals surface area contributed by atoms with E-state index in [1.54, 1.807) is 0 Å². The smallest absolute Gasteiger partial charge is 0.475 e. The van der Waals surface area contributed by atoms with Crippen molar-refractivity contribution in [3.63, 3.8) is 0 Å². The molecule has 0 saturated heterocycles. The maximum absolute atomic E-state index is 10.6. The first-order valence-corrected chi connectivity index (χ1v) is 8.71. The molecule has 1 heterocycles. The molecule has 2 N–H and O–H groups in total. The lowest BCUT2D eigenvalue weighted by Crippen LogP contribution is -2.21. The Morgan fingerprint density at radius 2 is 1.90 bits per heavy atom. The van der Waals surface area contributed by atoms with Crippen LogP contribution in [0, 0.1) is 11.3 Å². The number of carboxylic acid groups (broad SMARTS) is 1. The molecule has 0 saturated carbocycles. The second kappa shape index (κ2) is 9.59. The van der Waals surface area contributed by atoms with E-state index in [1.165, 1.54) is 0 Å². The first-order valence-electron chi connectivity index (χ1n) is 8.71. The summed E-state index contributed by atoms with van der Waals surface area (Å²) in [6.45, 7) is 2.89. The van der Waals surface area contributed by atoms with Crippen molar-refractivity contribution in [2.45, 2.75) is 25.9 Å². The molecule has 0 aliphatic carbocycles. The molecule has 0 fully saturated rings. The van der Waals surface area contributed by atoms with E-state index in [-0.39, 0.29) is 0 Å². The third-order valence-electron chi connectivity index (χ3n) is 3.81. The molecule has 0 spiro atoms. The first-order chi connectivity index (χ1) is 13.8. The summed E-state index contributed by atoms with van der Waals surface area (Å²) in [7, 11) is 0. The summed E-state index contributed by atoms with van der Waals surface area (Å²) in [4.78, 5) is 13.2. The highest BCUT2D eigenvalue weighted by Crippen LogP contribution is 2.31. The first kappa shape index (κ1) is 21.8. The van der Waals surface area contributed by atoms with Gasteiger partial charge >= 0.3 is 12.1 Å². The summed E-state index contributed by atoms with van der Waals surface area (Å²) in [6.07, 6.45) is -2.98. The van der Waals surface area contributed by atoms with Gasteiger partial charge in [-0.25, -0.2) is 4.79 Å². The van der Waals surface area contributed by atoms with Gasteiger partial charge in [-0.05, 0) is 23.3 Å². The van der Waals surface area contributed by atoms with Gasteiger partial charge in [0.05, 0.1) is 0 Å². The number of benzene rings is 2. The van der Waals surface area contributed by atoms with Crippen molar-refractivity contribution in [1.29, 1.82) is 5.26 Å². The maximum Gasteiger partial charge on any atom is 0.490 e. The number of hydrogen-bond acceptors (Lipinski definition) is 5. The van der Waals surface area contributed by atoms with Crippen molar-refractivity contribution in [2.24, 2.45) is 0 Å². The molecule has 0 aliphatic rings. The van der Waals surface area contributed by atoms with E-state index in [4.69, 9.17) is 14.3 Å². The van der Waals surface area contributed by atoms with Gasteiger partial charge in [0.1, 0.15) is 6.07 Å². The number of unbranched alkanes of at least 4 members (excludes halogenated alkanes) is 1. The molecule has 0 aliphatic heterocycles. The summed E-state index contributed by atoms with van der Waals surface area (Å²) in [5.74, 6) is -1.82. The fraction of sp³-hybridized carbons (Fsp3) is 0.250. The lowest BCUT2D eigenvalue weighted by molar-refractivity contribution is -0.192. The Kier molecular flexibility index (Phi) is 7.20. The van der Waals surface area contributed by atoms with Gasteiger partial charge in [-0.2, -0.15) is 23.4 Å². The highest BCUT2D eigenvalue weighted by Gasteiger charge is 2.38. The van der Waals surface area contributed by atoms with Crippen LogP contribution in [0.5, 0.6) is 0 Å². The van der Waals surface area contributed by atoms with Crippen LogP contribution >= 0.6 is 0 Å². The number of anilines is 1. The third-order valence-corrected chi connectivity index (χ3v) is 3.81. The molecule has 6 nitrogen and oxygen atoms in total. The van der Waals surface area contributed by atoms with E-state index in [9.17, 15) is 18.4 Å². The predicted octanol–water partition coefficient (Wildman–Crippen LogP) is 5.21. The number of oxazole rings is 1. The molecule has 2 aromatic carbocycles. The zero-order valence-electron chi connectivity index (χ0n) is 15.5. The molecular weight excluding hydrogens is 387 g/mol. The van der Waals surface area contributed by atoms with Crippen molar-refractivity contribution in [3.05, 3.63) is 48.2 Å². The molecular formula is C20H18F3N3O3. The molecule has 29 heavy (non-hydrogen) atoms. The second-order valence-corrected chi connectivity index (χ2v) is 5.92. The van der Waals surface area contributed by atoms with E-state index < -0.39 is 12.1 Å². The van der Waals surface area contributed by atoms with Gasteiger partial charge in [0, 0.05) is 12.1 Å². The Bertz CT molecular complexity index is 1020. The minimum absolute atomic E-state index is 0.305. The van der Waals surface area contributed by atoms with Crippen LogP contribution in [0.2, 0.25) is 0 Å². The number of nitriles is 1. The van der Waals surface area contributed by atoms with E-state index >= 15 is 0 Å². The number of nitrogens with zero attached hydrogens (tertiary/aromatic N) is 2. The lowest BCUT2D eigenvalue weighted by atomic mass is 10.0. The van der Waals surface area contributed by atoms with Gasteiger partial charge in [0.15, 0.2) is 0 Å². The van der Waals surface area contributed by atoms with Crippen LogP contribution in [0.3, 0.4) is 0 Å². The van der Waals surface area contributed by atoms with Crippen molar-refractivity contribution in [3.8, 4) is 17.5 Å². The fourth-order valence-corrected chi connectivity index (χ4v) is 2.42. The zero-order valence-corrected chi connectivity index (χ0v) is 15.5. The third kappa shape index (κ3) is 5.72. The number of nitrogens with one attached hydrogen (secondary N) is 1. The number of aliphatic carboxylic acids is 1. The number of halogens is 3. The molecule has 0 amide bonds. The van der Waals surface area contributed by atoms with Crippen LogP contribution in [0.4, 0.5) is 19.1 Å². The van der Waals surface area contributed by atoms with Crippen molar-refractivity contribution in [1.82, 2.24) is 4.98 Å². The summed E-state index contributed by atoms with van der Waals surface area (Å²) in [5.41, 5.74) is 1.21. The quantitative estimate of drug-likeness (QED) is 0.565. The fourth-order valence-electron chi connectivity index (χ4n) is 2.42. The summed E-state index contributed by atoms with van der Waals surface area (Å²) in [5, 5.41) is 21.7. The molecule has 1 aromatic heterocycles. The summed E-state index contributed by atoms with van der Waals surface area (Å²) < 4.78 is 37.5. The van der Waals surface area contributed by atoms with Crippen LogP contribution in [0.1, 0.15) is 25.5 Å². The Morgan fingerprint density at radius 1 is 1.24 bits per heavy atom. The molecule has 152 valence electrons. The Balaban J connectivity index is 0.000000370. The van der Waals surface area contributed by atoms with Crippen LogP contribution in [-0.4, -0.2) is 28.8 Å². The summed E-state index contributed by atoms with van der Waals surface area (Å²) in [6, 6.07) is 16.1. The molecule has 0 unspecified atom stereocenters. The Morgan fingerprint density at radius 3 is 2.52 bits per heavy atom. The highest BCUT2D eigenvalue weighted by atomic mass is 19.4. The van der Waals surface area contributed by atoms with Crippen LogP contribution in [-0.2, 0) is 4.79 Å². The number of rotatable bonds is 5. The Hall–Kier alpha value is -3.54. The number of carboxylic acids is 1. The molecule has 3 rings (SSSR count). The van der Waals surface area contributed by atoms with E-state index in [1.807, 2.05) is 42.5 Å². The molecule has 0 atom stereocenters. The SMILES string of the molecule is CCCCNc1oc(-c2cccc3ccccc23)nc1C#N.O=C(O)C(F)(F)F. The molecule has 3 aromatic rings. The van der Waals surface area contributed by atoms with Crippen molar-refractivity contribution >= 4 is 22.6 Å². The van der Waals surface area contributed by atoms with Gasteiger partial charge in [-0.3, -0.25) is 0 Å². The molecule has 0 radical (unpaired) electrons.